The summed E-state index contributed by atoms with van der Waals surface area (Å²) in [6, 6.07) is 0. The second kappa shape index (κ2) is 7.94. The zero-order chi connectivity index (χ0) is 12.4. The number of nitrogen functional groups attached to an aromatic ring is 1. The fourth-order valence-corrected chi connectivity index (χ4v) is 2.38. The standard InChI is InChI=1S/C12H23N5.2ClH/c1-15(2)6-4-7-17-8-5-11-10(9-17)12(13)16(3)14-11;;/h4-9,13H2,1-3H3;2*1H. The maximum absolute atomic E-state index is 6.03. The molecule has 1 aliphatic rings. The average molecular weight is 310 g/mol. The predicted octanol–water partition coefficient (Wildman–Crippen LogP) is 1.16. The van der Waals surface area contributed by atoms with Gasteiger partial charge in [-0.1, -0.05) is 0 Å². The Morgan fingerprint density at radius 2 is 2.00 bits per heavy atom. The number of fused-ring (bicyclic) bond motifs is 1. The molecule has 0 atom stereocenters. The number of nitrogens with two attached hydrogens (primary N) is 1. The maximum Gasteiger partial charge on any atom is 0.126 e. The third-order valence-corrected chi connectivity index (χ3v) is 3.40. The smallest absolute Gasteiger partial charge is 0.126 e. The number of rotatable bonds is 4. The molecule has 0 bridgehead atoms. The summed E-state index contributed by atoms with van der Waals surface area (Å²) in [5, 5.41) is 4.45. The van der Waals surface area contributed by atoms with Crippen molar-refractivity contribution in [2.45, 2.75) is 19.4 Å². The van der Waals surface area contributed by atoms with Crippen molar-refractivity contribution >= 4 is 30.6 Å². The van der Waals surface area contributed by atoms with E-state index in [0.29, 0.717) is 0 Å². The van der Waals surface area contributed by atoms with Gasteiger partial charge in [-0.05, 0) is 33.6 Å². The first-order valence-electron chi connectivity index (χ1n) is 6.25. The minimum Gasteiger partial charge on any atom is -0.384 e. The molecule has 0 amide bonds. The van der Waals surface area contributed by atoms with Gasteiger partial charge in [-0.2, -0.15) is 5.10 Å². The van der Waals surface area contributed by atoms with E-state index in [0.717, 1.165) is 38.4 Å². The number of anilines is 1. The first-order valence-corrected chi connectivity index (χ1v) is 6.25. The number of hydrogen-bond donors (Lipinski definition) is 1. The molecule has 2 heterocycles. The molecule has 0 saturated heterocycles. The van der Waals surface area contributed by atoms with Crippen molar-refractivity contribution in [3.63, 3.8) is 0 Å². The molecule has 19 heavy (non-hydrogen) atoms. The van der Waals surface area contributed by atoms with Gasteiger partial charge in [0.25, 0.3) is 0 Å². The number of nitrogens with zero attached hydrogens (tertiary/aromatic N) is 4. The minimum atomic E-state index is 0. The third-order valence-electron chi connectivity index (χ3n) is 3.40. The summed E-state index contributed by atoms with van der Waals surface area (Å²) in [7, 11) is 6.16. The van der Waals surface area contributed by atoms with E-state index in [1.807, 2.05) is 7.05 Å². The Morgan fingerprint density at radius 3 is 2.63 bits per heavy atom. The van der Waals surface area contributed by atoms with E-state index < -0.39 is 0 Å². The Balaban J connectivity index is 0.00000162. The Kier molecular flexibility index (Phi) is 7.74. The van der Waals surface area contributed by atoms with E-state index in [1.54, 1.807) is 4.68 Å². The summed E-state index contributed by atoms with van der Waals surface area (Å²) < 4.78 is 1.80. The van der Waals surface area contributed by atoms with Gasteiger partial charge in [-0.3, -0.25) is 9.58 Å². The summed E-state index contributed by atoms with van der Waals surface area (Å²) in [6.45, 7) is 4.36. The fraction of sp³-hybridized carbons (Fsp3) is 0.750. The van der Waals surface area contributed by atoms with Crippen molar-refractivity contribution in [1.29, 1.82) is 0 Å². The Morgan fingerprint density at radius 1 is 1.32 bits per heavy atom. The molecule has 2 rings (SSSR count). The van der Waals surface area contributed by atoms with Crippen molar-refractivity contribution < 1.29 is 0 Å². The molecule has 112 valence electrons. The molecule has 0 fully saturated rings. The van der Waals surface area contributed by atoms with Gasteiger partial charge < -0.3 is 10.6 Å². The molecule has 0 radical (unpaired) electrons. The highest BCUT2D eigenvalue weighted by Gasteiger charge is 2.21. The number of halogens is 2. The van der Waals surface area contributed by atoms with E-state index in [9.17, 15) is 0 Å². The normalized spacial score (nSPS) is 14.7. The number of aromatic nitrogens is 2. The molecule has 1 aliphatic heterocycles. The van der Waals surface area contributed by atoms with E-state index in [-0.39, 0.29) is 24.8 Å². The van der Waals surface area contributed by atoms with Crippen LogP contribution in [0.1, 0.15) is 17.7 Å². The quantitative estimate of drug-likeness (QED) is 0.906. The van der Waals surface area contributed by atoms with Crippen LogP contribution >= 0.6 is 24.8 Å². The lowest BCUT2D eigenvalue weighted by molar-refractivity contribution is 0.238. The second-order valence-corrected chi connectivity index (χ2v) is 5.12. The second-order valence-electron chi connectivity index (χ2n) is 5.12. The van der Waals surface area contributed by atoms with Crippen LogP contribution in [0.15, 0.2) is 0 Å². The monoisotopic (exact) mass is 309 g/mol. The topological polar surface area (TPSA) is 50.3 Å². The van der Waals surface area contributed by atoms with Crippen molar-refractivity contribution in [1.82, 2.24) is 19.6 Å². The molecule has 0 saturated carbocycles. The fourth-order valence-electron chi connectivity index (χ4n) is 2.38. The SMILES string of the molecule is CN(C)CCCN1CCc2nn(C)c(N)c2C1.Cl.Cl. The molecule has 0 aliphatic carbocycles. The van der Waals surface area contributed by atoms with Crippen LogP contribution < -0.4 is 5.73 Å². The molecule has 0 spiro atoms. The first kappa shape index (κ1) is 18.5. The molecule has 1 aromatic rings. The lowest BCUT2D eigenvalue weighted by Gasteiger charge is -2.26. The van der Waals surface area contributed by atoms with Crippen molar-refractivity contribution in [2.75, 3.05) is 39.5 Å². The Labute approximate surface area is 127 Å². The number of aryl methyl sites for hydroxylation is 1. The van der Waals surface area contributed by atoms with Crippen molar-refractivity contribution in [3.05, 3.63) is 11.3 Å². The lowest BCUT2D eigenvalue weighted by atomic mass is 10.1. The van der Waals surface area contributed by atoms with Gasteiger partial charge >= 0.3 is 0 Å². The van der Waals surface area contributed by atoms with E-state index in [2.05, 4.69) is 29.0 Å². The average Bonchev–Trinajstić information content (AvgIpc) is 2.55. The van der Waals surface area contributed by atoms with Gasteiger partial charge in [0, 0.05) is 32.1 Å². The Bertz CT molecular complexity index is 392. The zero-order valence-corrected chi connectivity index (χ0v) is 13.6. The lowest BCUT2D eigenvalue weighted by Crippen LogP contribution is -2.32. The van der Waals surface area contributed by atoms with Crippen LogP contribution in [0, 0.1) is 0 Å². The third kappa shape index (κ3) is 4.53. The predicted molar refractivity (Wildman–Crippen MR) is 84.3 cm³/mol. The van der Waals surface area contributed by atoms with Crippen LogP contribution in [0.3, 0.4) is 0 Å². The van der Waals surface area contributed by atoms with E-state index in [4.69, 9.17) is 5.73 Å². The summed E-state index contributed by atoms with van der Waals surface area (Å²) in [5.41, 5.74) is 8.46. The van der Waals surface area contributed by atoms with Gasteiger partial charge in [0.15, 0.2) is 0 Å². The highest BCUT2D eigenvalue weighted by molar-refractivity contribution is 5.85. The molecule has 5 nitrogen and oxygen atoms in total. The number of hydrogen-bond acceptors (Lipinski definition) is 4. The van der Waals surface area contributed by atoms with Gasteiger partial charge in [0.05, 0.1) is 5.69 Å². The summed E-state index contributed by atoms with van der Waals surface area (Å²) in [5.74, 6) is 0.831. The highest BCUT2D eigenvalue weighted by Crippen LogP contribution is 2.23. The van der Waals surface area contributed by atoms with Crippen molar-refractivity contribution in [3.8, 4) is 0 Å². The molecule has 1 aromatic heterocycles. The van der Waals surface area contributed by atoms with Crippen LogP contribution in [0.25, 0.3) is 0 Å². The summed E-state index contributed by atoms with van der Waals surface area (Å²) in [6.07, 6.45) is 2.24. The van der Waals surface area contributed by atoms with Crippen LogP contribution in [0.4, 0.5) is 5.82 Å². The summed E-state index contributed by atoms with van der Waals surface area (Å²) >= 11 is 0. The van der Waals surface area contributed by atoms with Gasteiger partial charge in [0.2, 0.25) is 0 Å². The largest absolute Gasteiger partial charge is 0.384 e. The molecule has 7 heteroatoms. The molecular weight excluding hydrogens is 285 g/mol. The minimum absolute atomic E-state index is 0. The van der Waals surface area contributed by atoms with Crippen LogP contribution in [-0.2, 0) is 20.0 Å². The van der Waals surface area contributed by atoms with Gasteiger partial charge in [-0.25, -0.2) is 0 Å². The van der Waals surface area contributed by atoms with Crippen molar-refractivity contribution in [2.24, 2.45) is 7.05 Å². The van der Waals surface area contributed by atoms with Crippen LogP contribution in [0.2, 0.25) is 0 Å². The zero-order valence-electron chi connectivity index (χ0n) is 11.9. The van der Waals surface area contributed by atoms with E-state index >= 15 is 0 Å². The Hall–Kier alpha value is -0.490. The molecule has 0 unspecified atom stereocenters. The molecule has 0 aromatic carbocycles. The van der Waals surface area contributed by atoms with Crippen LogP contribution in [-0.4, -0.2) is 53.3 Å². The highest BCUT2D eigenvalue weighted by atomic mass is 35.5. The van der Waals surface area contributed by atoms with Gasteiger partial charge in [-0.15, -0.1) is 24.8 Å². The van der Waals surface area contributed by atoms with Crippen LogP contribution in [0.5, 0.6) is 0 Å². The first-order chi connectivity index (χ1) is 8.08. The molecule has 2 N–H and O–H groups in total. The maximum atomic E-state index is 6.03. The van der Waals surface area contributed by atoms with E-state index in [1.165, 1.54) is 17.7 Å². The molecular formula is C12H25Cl2N5. The van der Waals surface area contributed by atoms with Gasteiger partial charge in [0.1, 0.15) is 5.82 Å². The summed E-state index contributed by atoms with van der Waals surface area (Å²) in [4.78, 5) is 4.71.